The number of thiazole rings is 1. The summed E-state index contributed by atoms with van der Waals surface area (Å²) in [5, 5.41) is 0. The predicted molar refractivity (Wildman–Crippen MR) is 108 cm³/mol. The second-order valence-corrected chi connectivity index (χ2v) is 7.10. The molecule has 0 radical (unpaired) electrons. The Morgan fingerprint density at radius 1 is 1.14 bits per heavy atom. The number of fused-ring (bicyclic) bond motifs is 1. The number of rotatable bonds is 7. The van der Waals surface area contributed by atoms with Gasteiger partial charge in [-0.1, -0.05) is 41.7 Å². The number of nitrogens with zero attached hydrogens (tertiary/aromatic N) is 2. The fraction of sp³-hybridized carbons (Fsp3) is 0.286. The van der Waals surface area contributed by atoms with Crippen LogP contribution in [0.5, 0.6) is 5.75 Å². The van der Waals surface area contributed by atoms with Gasteiger partial charge in [0, 0.05) is 12.6 Å². The summed E-state index contributed by atoms with van der Waals surface area (Å²) in [6, 6.07) is 15.2. The van der Waals surface area contributed by atoms with Crippen LogP contribution in [0, 0.1) is 0 Å². The van der Waals surface area contributed by atoms with E-state index in [1.165, 1.54) is 11.3 Å². The molecule has 28 heavy (non-hydrogen) atoms. The maximum absolute atomic E-state index is 12.5. The average Bonchev–Trinajstić information content (AvgIpc) is 3.03. The lowest BCUT2D eigenvalue weighted by atomic mass is 10.1. The number of esters is 1. The molecule has 1 amide bonds. The summed E-state index contributed by atoms with van der Waals surface area (Å²) in [4.78, 5) is 29.2. The van der Waals surface area contributed by atoms with Gasteiger partial charge in [0.2, 0.25) is 0 Å². The van der Waals surface area contributed by atoms with Gasteiger partial charge in [-0.2, -0.15) is 4.99 Å². The van der Waals surface area contributed by atoms with Crippen molar-refractivity contribution in [1.29, 1.82) is 0 Å². The van der Waals surface area contributed by atoms with Crippen LogP contribution in [-0.2, 0) is 27.3 Å². The van der Waals surface area contributed by atoms with Crippen molar-refractivity contribution in [2.45, 2.75) is 26.3 Å². The Hall–Kier alpha value is -2.93. The number of amides is 1. The quantitative estimate of drug-likeness (QED) is 0.573. The standard InChI is InChI=1S/C21H22N2O4S/c1-3-27-20(25)11-12-23-17-14-16(26-2)9-10-18(17)28-21(23)22-19(24)13-15-7-5-4-6-8-15/h4-10,14H,3,11-13H2,1-2H3. The van der Waals surface area contributed by atoms with E-state index >= 15 is 0 Å². The Morgan fingerprint density at radius 3 is 2.64 bits per heavy atom. The Kier molecular flexibility index (Phi) is 6.60. The molecule has 6 nitrogen and oxygen atoms in total. The van der Waals surface area contributed by atoms with Crippen LogP contribution < -0.4 is 9.54 Å². The maximum atomic E-state index is 12.5. The van der Waals surface area contributed by atoms with E-state index in [0.717, 1.165) is 15.8 Å². The Balaban J connectivity index is 1.96. The second kappa shape index (κ2) is 9.32. The minimum atomic E-state index is -0.279. The van der Waals surface area contributed by atoms with E-state index in [-0.39, 0.29) is 24.7 Å². The van der Waals surface area contributed by atoms with Crippen LogP contribution in [0.25, 0.3) is 10.2 Å². The van der Waals surface area contributed by atoms with Crippen LogP contribution in [0.4, 0.5) is 0 Å². The SMILES string of the molecule is CCOC(=O)CCn1c(=NC(=O)Cc2ccccc2)sc2ccc(OC)cc21. The number of ether oxygens (including phenoxy) is 2. The van der Waals surface area contributed by atoms with Gasteiger partial charge in [-0.3, -0.25) is 9.59 Å². The van der Waals surface area contributed by atoms with E-state index in [4.69, 9.17) is 9.47 Å². The normalized spacial score (nSPS) is 11.6. The Labute approximate surface area is 167 Å². The van der Waals surface area contributed by atoms with Gasteiger partial charge in [0.05, 0.1) is 36.8 Å². The molecule has 1 heterocycles. The van der Waals surface area contributed by atoms with Crippen molar-refractivity contribution in [3.05, 3.63) is 58.9 Å². The third-order valence-electron chi connectivity index (χ3n) is 4.15. The van der Waals surface area contributed by atoms with Gasteiger partial charge < -0.3 is 14.0 Å². The molecule has 7 heteroatoms. The first-order chi connectivity index (χ1) is 13.6. The molecule has 1 aromatic heterocycles. The van der Waals surface area contributed by atoms with E-state index in [9.17, 15) is 9.59 Å². The average molecular weight is 398 g/mol. The largest absolute Gasteiger partial charge is 0.497 e. The molecule has 0 aliphatic heterocycles. The minimum Gasteiger partial charge on any atom is -0.497 e. The molecule has 0 spiro atoms. The van der Waals surface area contributed by atoms with Crippen molar-refractivity contribution < 1.29 is 19.1 Å². The second-order valence-electron chi connectivity index (χ2n) is 6.09. The van der Waals surface area contributed by atoms with Crippen molar-refractivity contribution in [3.8, 4) is 5.75 Å². The van der Waals surface area contributed by atoms with E-state index in [1.807, 2.05) is 53.1 Å². The van der Waals surface area contributed by atoms with E-state index < -0.39 is 0 Å². The number of carbonyl (C=O) groups is 2. The zero-order valence-corrected chi connectivity index (χ0v) is 16.7. The Morgan fingerprint density at radius 2 is 1.93 bits per heavy atom. The van der Waals surface area contributed by atoms with Crippen LogP contribution in [0.2, 0.25) is 0 Å². The molecule has 146 valence electrons. The van der Waals surface area contributed by atoms with Crippen molar-refractivity contribution in [2.75, 3.05) is 13.7 Å². The maximum Gasteiger partial charge on any atom is 0.307 e. The molecule has 0 atom stereocenters. The molecule has 3 aromatic rings. The fourth-order valence-corrected chi connectivity index (χ4v) is 3.88. The first kappa shape index (κ1) is 19.8. The number of hydrogen-bond acceptors (Lipinski definition) is 5. The van der Waals surface area contributed by atoms with Crippen LogP contribution in [-0.4, -0.2) is 30.2 Å². The van der Waals surface area contributed by atoms with E-state index in [0.29, 0.717) is 23.7 Å². The van der Waals surface area contributed by atoms with Gasteiger partial charge in [0.25, 0.3) is 5.91 Å². The highest BCUT2D eigenvalue weighted by Crippen LogP contribution is 2.23. The lowest BCUT2D eigenvalue weighted by molar-refractivity contribution is -0.143. The molecule has 0 aliphatic rings. The Bertz CT molecular complexity index is 1040. The van der Waals surface area contributed by atoms with E-state index in [1.54, 1.807) is 14.0 Å². The van der Waals surface area contributed by atoms with Gasteiger partial charge >= 0.3 is 5.97 Å². The summed E-state index contributed by atoms with van der Waals surface area (Å²) in [6.45, 7) is 2.50. The summed E-state index contributed by atoms with van der Waals surface area (Å²) in [5.41, 5.74) is 1.79. The monoisotopic (exact) mass is 398 g/mol. The first-order valence-electron chi connectivity index (χ1n) is 9.05. The van der Waals surface area contributed by atoms with E-state index in [2.05, 4.69) is 4.99 Å². The lowest BCUT2D eigenvalue weighted by Crippen LogP contribution is -2.20. The summed E-state index contributed by atoms with van der Waals surface area (Å²) in [6.07, 6.45) is 0.438. The summed E-state index contributed by atoms with van der Waals surface area (Å²) < 4.78 is 13.2. The van der Waals surface area contributed by atoms with Gasteiger partial charge in [-0.15, -0.1) is 0 Å². The number of aryl methyl sites for hydroxylation is 1. The van der Waals surface area contributed by atoms with Gasteiger partial charge in [0.15, 0.2) is 4.80 Å². The summed E-state index contributed by atoms with van der Waals surface area (Å²) in [7, 11) is 1.60. The zero-order chi connectivity index (χ0) is 19.9. The van der Waals surface area contributed by atoms with Crippen molar-refractivity contribution in [3.63, 3.8) is 0 Å². The molecule has 0 saturated heterocycles. The smallest absolute Gasteiger partial charge is 0.307 e. The minimum absolute atomic E-state index is 0.205. The molecular weight excluding hydrogens is 376 g/mol. The molecule has 0 aliphatic carbocycles. The molecule has 3 rings (SSSR count). The summed E-state index contributed by atoms with van der Waals surface area (Å²) in [5.74, 6) is 0.200. The summed E-state index contributed by atoms with van der Waals surface area (Å²) >= 11 is 1.41. The number of methoxy groups -OCH3 is 1. The molecule has 2 aromatic carbocycles. The highest BCUT2D eigenvalue weighted by Gasteiger charge is 2.12. The van der Waals surface area contributed by atoms with Crippen LogP contribution >= 0.6 is 11.3 Å². The van der Waals surface area contributed by atoms with Gasteiger partial charge in [-0.25, -0.2) is 0 Å². The van der Waals surface area contributed by atoms with Gasteiger partial charge in [-0.05, 0) is 24.6 Å². The zero-order valence-electron chi connectivity index (χ0n) is 15.9. The molecule has 0 unspecified atom stereocenters. The molecule has 0 N–H and O–H groups in total. The molecular formula is C21H22N2O4S. The number of carbonyl (C=O) groups excluding carboxylic acids is 2. The number of benzene rings is 2. The third-order valence-corrected chi connectivity index (χ3v) is 5.21. The highest BCUT2D eigenvalue weighted by molar-refractivity contribution is 7.16. The van der Waals surface area contributed by atoms with Crippen molar-refractivity contribution in [1.82, 2.24) is 4.57 Å². The van der Waals surface area contributed by atoms with Gasteiger partial charge in [0.1, 0.15) is 5.75 Å². The number of hydrogen-bond donors (Lipinski definition) is 0. The van der Waals surface area contributed by atoms with Crippen molar-refractivity contribution in [2.24, 2.45) is 4.99 Å². The lowest BCUT2D eigenvalue weighted by Gasteiger charge is -2.06. The molecule has 0 bridgehead atoms. The predicted octanol–water partition coefficient (Wildman–Crippen LogP) is 3.33. The fourth-order valence-electron chi connectivity index (χ4n) is 2.83. The topological polar surface area (TPSA) is 69.9 Å². The molecule has 0 saturated carbocycles. The number of aromatic nitrogens is 1. The van der Waals surface area contributed by atoms with Crippen LogP contribution in [0.15, 0.2) is 53.5 Å². The van der Waals surface area contributed by atoms with Crippen molar-refractivity contribution >= 4 is 33.4 Å². The highest BCUT2D eigenvalue weighted by atomic mass is 32.1. The third kappa shape index (κ3) is 4.86. The molecule has 0 fully saturated rings. The first-order valence-corrected chi connectivity index (χ1v) is 9.87. The van der Waals surface area contributed by atoms with Crippen LogP contribution in [0.1, 0.15) is 18.9 Å². The van der Waals surface area contributed by atoms with Crippen LogP contribution in [0.3, 0.4) is 0 Å².